The number of anilines is 2. The Hall–Kier alpha value is -5.78. The minimum atomic E-state index is -0.514. The van der Waals surface area contributed by atoms with Crippen LogP contribution in [-0.2, 0) is 9.47 Å². The predicted octanol–water partition coefficient (Wildman–Crippen LogP) is 3.70. The van der Waals surface area contributed by atoms with Crippen molar-refractivity contribution in [1.29, 1.82) is 0 Å². The Bertz CT molecular complexity index is 2220. The van der Waals surface area contributed by atoms with Gasteiger partial charge in [0.2, 0.25) is 0 Å². The summed E-state index contributed by atoms with van der Waals surface area (Å²) in [5, 5.41) is 10.3. The molecule has 1 aromatic carbocycles. The van der Waals surface area contributed by atoms with Crippen molar-refractivity contribution in [2.45, 2.75) is 0 Å². The number of aromatic nitrogens is 9. The Morgan fingerprint density at radius 2 is 1.19 bits per heavy atom. The van der Waals surface area contributed by atoms with Crippen molar-refractivity contribution in [3.8, 4) is 51.7 Å². The Morgan fingerprint density at radius 1 is 0.623 bits per heavy atom. The highest BCUT2D eigenvalue weighted by Gasteiger charge is 2.21. The van der Waals surface area contributed by atoms with Crippen molar-refractivity contribution in [2.24, 2.45) is 0 Å². The van der Waals surface area contributed by atoms with Crippen LogP contribution < -0.4 is 15.3 Å². The topological polar surface area (TPSA) is 161 Å². The summed E-state index contributed by atoms with van der Waals surface area (Å²) in [4.78, 5) is 41.9. The molecule has 0 amide bonds. The molecule has 53 heavy (non-hydrogen) atoms. The number of ether oxygens (including phenoxy) is 2. The molecular formula is C35H29BClF2N11O3. The van der Waals surface area contributed by atoms with E-state index in [1.54, 1.807) is 29.4 Å². The minimum Gasteiger partial charge on any atom is -0.506 e. The summed E-state index contributed by atoms with van der Waals surface area (Å²) < 4.78 is 39.0. The molecule has 2 aliphatic heterocycles. The van der Waals surface area contributed by atoms with Crippen molar-refractivity contribution >= 4 is 36.5 Å². The van der Waals surface area contributed by atoms with Gasteiger partial charge in [-0.15, -0.1) is 0 Å². The molecule has 0 bridgehead atoms. The number of morpholine rings is 2. The number of phenolic OH excluding ortho intramolecular Hbond substituents is 1. The third kappa shape index (κ3) is 8.32. The second-order valence-electron chi connectivity index (χ2n) is 11.6. The smallest absolute Gasteiger partial charge is 0.199 e. The summed E-state index contributed by atoms with van der Waals surface area (Å²) in [6, 6.07) is 11.9. The van der Waals surface area contributed by atoms with Gasteiger partial charge in [0.1, 0.15) is 19.3 Å². The maximum Gasteiger partial charge on any atom is 0.199 e. The molecule has 5 aromatic heterocycles. The van der Waals surface area contributed by atoms with E-state index >= 15 is 0 Å². The zero-order valence-electron chi connectivity index (χ0n) is 28.0. The van der Waals surface area contributed by atoms with Gasteiger partial charge in [0, 0.05) is 44.8 Å². The van der Waals surface area contributed by atoms with Gasteiger partial charge in [-0.3, -0.25) is 4.98 Å². The van der Waals surface area contributed by atoms with Gasteiger partial charge in [-0.05, 0) is 30.3 Å². The number of phenols is 1. The van der Waals surface area contributed by atoms with Gasteiger partial charge >= 0.3 is 0 Å². The van der Waals surface area contributed by atoms with E-state index < -0.39 is 11.6 Å². The number of halogens is 3. The third-order valence-electron chi connectivity index (χ3n) is 8.07. The summed E-state index contributed by atoms with van der Waals surface area (Å²) in [7, 11) is 5.80. The van der Waals surface area contributed by atoms with Crippen molar-refractivity contribution in [3.63, 3.8) is 0 Å². The lowest BCUT2D eigenvalue weighted by Gasteiger charge is -2.28. The van der Waals surface area contributed by atoms with E-state index in [9.17, 15) is 13.9 Å². The SMILES string of the molecule is Fc1cnc(-c2nccc(-c3ccccn3)n2)nc1N1CCOCC1.[B]c1cc(Cl)c(O)c(-c2nccc(-c3ncc(F)c(N4CCOCC4)n3)n2)c1. The summed E-state index contributed by atoms with van der Waals surface area (Å²) in [5.74, 6) is 0.335. The van der Waals surface area contributed by atoms with Gasteiger partial charge in [-0.1, -0.05) is 29.2 Å². The molecule has 0 unspecified atom stereocenters. The van der Waals surface area contributed by atoms with Crippen LogP contribution >= 0.6 is 11.6 Å². The van der Waals surface area contributed by atoms with Crippen LogP contribution in [0.1, 0.15) is 0 Å². The Labute approximate surface area is 308 Å². The molecule has 2 aliphatic rings. The summed E-state index contributed by atoms with van der Waals surface area (Å²) in [6.45, 7) is 4.35. The van der Waals surface area contributed by atoms with E-state index in [-0.39, 0.29) is 45.4 Å². The molecule has 18 heteroatoms. The fourth-order valence-electron chi connectivity index (χ4n) is 5.47. The molecule has 0 atom stereocenters. The van der Waals surface area contributed by atoms with E-state index in [1.807, 2.05) is 23.1 Å². The van der Waals surface area contributed by atoms with Crippen molar-refractivity contribution in [2.75, 3.05) is 62.4 Å². The molecular weight excluding hydrogens is 707 g/mol. The van der Waals surface area contributed by atoms with Crippen LogP contribution in [0.2, 0.25) is 5.02 Å². The largest absolute Gasteiger partial charge is 0.506 e. The maximum absolute atomic E-state index is 14.3. The van der Waals surface area contributed by atoms with Crippen LogP contribution in [0.3, 0.4) is 0 Å². The average Bonchev–Trinajstić information content (AvgIpc) is 3.21. The molecule has 2 saturated heterocycles. The van der Waals surface area contributed by atoms with Crippen LogP contribution in [0.4, 0.5) is 20.4 Å². The molecule has 7 heterocycles. The number of rotatable bonds is 6. The van der Waals surface area contributed by atoms with Crippen molar-refractivity contribution in [3.05, 3.63) is 90.1 Å². The first kappa shape index (κ1) is 35.6. The summed E-state index contributed by atoms with van der Waals surface area (Å²) >= 11 is 5.98. The minimum absolute atomic E-state index is 0.0941. The molecule has 14 nitrogen and oxygen atoms in total. The predicted molar refractivity (Wildman–Crippen MR) is 193 cm³/mol. The Morgan fingerprint density at radius 3 is 1.83 bits per heavy atom. The normalized spacial score (nSPS) is 14.4. The van der Waals surface area contributed by atoms with Crippen molar-refractivity contribution < 1.29 is 23.4 Å². The van der Waals surface area contributed by atoms with Gasteiger partial charge in [0.15, 0.2) is 46.6 Å². The van der Waals surface area contributed by atoms with Crippen LogP contribution in [0.25, 0.3) is 45.9 Å². The molecule has 0 aliphatic carbocycles. The van der Waals surface area contributed by atoms with E-state index in [1.165, 1.54) is 18.3 Å². The lowest BCUT2D eigenvalue weighted by Crippen LogP contribution is -2.37. The van der Waals surface area contributed by atoms with Gasteiger partial charge < -0.3 is 24.4 Å². The molecule has 8 rings (SSSR count). The number of benzene rings is 1. The van der Waals surface area contributed by atoms with E-state index in [2.05, 4.69) is 44.9 Å². The highest BCUT2D eigenvalue weighted by molar-refractivity contribution is 6.37. The van der Waals surface area contributed by atoms with Crippen molar-refractivity contribution in [1.82, 2.24) is 44.9 Å². The molecule has 0 spiro atoms. The fraction of sp³-hybridized carbons (Fsp3) is 0.229. The van der Waals surface area contributed by atoms with Gasteiger partial charge in [-0.2, -0.15) is 0 Å². The van der Waals surface area contributed by atoms with E-state index in [0.29, 0.717) is 75.3 Å². The molecule has 2 radical (unpaired) electrons. The second kappa shape index (κ2) is 16.3. The number of hydrogen-bond donors (Lipinski definition) is 1. The van der Waals surface area contributed by atoms with Crippen LogP contribution in [0.15, 0.2) is 73.4 Å². The van der Waals surface area contributed by atoms with E-state index in [0.717, 1.165) is 18.1 Å². The Balaban J connectivity index is 0.000000165. The maximum atomic E-state index is 14.3. The zero-order valence-corrected chi connectivity index (χ0v) is 28.7. The molecule has 266 valence electrons. The van der Waals surface area contributed by atoms with Crippen LogP contribution in [-0.4, -0.2) is 110 Å². The lowest BCUT2D eigenvalue weighted by atomic mass is 9.93. The quantitative estimate of drug-likeness (QED) is 0.247. The summed E-state index contributed by atoms with van der Waals surface area (Å²) in [6.07, 6.45) is 7.08. The number of pyridine rings is 1. The molecule has 6 aromatic rings. The average molecular weight is 736 g/mol. The third-order valence-corrected chi connectivity index (χ3v) is 8.35. The van der Waals surface area contributed by atoms with Gasteiger partial charge in [-0.25, -0.2) is 48.7 Å². The highest BCUT2D eigenvalue weighted by Crippen LogP contribution is 2.33. The van der Waals surface area contributed by atoms with Crippen LogP contribution in [0.5, 0.6) is 5.75 Å². The molecule has 2 fully saturated rings. The first-order valence-corrected chi connectivity index (χ1v) is 16.8. The monoisotopic (exact) mass is 735 g/mol. The first-order valence-electron chi connectivity index (χ1n) is 16.4. The van der Waals surface area contributed by atoms with E-state index in [4.69, 9.17) is 28.9 Å². The lowest BCUT2D eigenvalue weighted by molar-refractivity contribution is 0.122. The molecule has 1 N–H and O–H groups in total. The first-order chi connectivity index (χ1) is 25.8. The second-order valence-corrected chi connectivity index (χ2v) is 12.0. The Kier molecular flexibility index (Phi) is 10.9. The fourth-order valence-corrected chi connectivity index (χ4v) is 5.70. The molecule has 0 saturated carbocycles. The number of nitrogens with zero attached hydrogens (tertiary/aromatic N) is 11. The zero-order chi connectivity index (χ0) is 36.7. The standard InChI is InChI=1S/C18H14BClFN5O2.C17H15FN6O/c19-10-7-11(15(27)12(20)8-10)16-22-2-1-14(24-16)17-23-9-13(21)18(25-17)26-3-5-28-6-4-26;18-12-11-21-16(23-17(12)24-7-9-25-10-8-24)15-20-6-4-14(22-15)13-3-1-2-5-19-13/h1-2,7-9,27H,3-6H2;1-6,11H,7-10H2. The van der Waals surface area contributed by atoms with Gasteiger partial charge in [0.05, 0.1) is 60.8 Å². The summed E-state index contributed by atoms with van der Waals surface area (Å²) in [5.41, 5.74) is 2.40. The van der Waals surface area contributed by atoms with Gasteiger partial charge in [0.25, 0.3) is 0 Å². The van der Waals surface area contributed by atoms with Crippen LogP contribution in [0, 0.1) is 11.6 Å². The number of aromatic hydroxyl groups is 1. The number of hydrogen-bond acceptors (Lipinski definition) is 14. The highest BCUT2D eigenvalue weighted by atomic mass is 35.5.